The van der Waals surface area contributed by atoms with Crippen LogP contribution in [0.1, 0.15) is 30.7 Å². The molecule has 0 spiro atoms. The summed E-state index contributed by atoms with van der Waals surface area (Å²) in [5, 5.41) is 9.64. The third kappa shape index (κ3) is 5.75. The van der Waals surface area contributed by atoms with E-state index in [1.807, 2.05) is 0 Å². The van der Waals surface area contributed by atoms with E-state index in [1.165, 1.54) is 0 Å². The summed E-state index contributed by atoms with van der Waals surface area (Å²) < 4.78 is 42.4. The van der Waals surface area contributed by atoms with Gasteiger partial charge in [0, 0.05) is 26.0 Å². The zero-order valence-corrected chi connectivity index (χ0v) is 12.8. The van der Waals surface area contributed by atoms with E-state index in [-0.39, 0.29) is 41.3 Å². The number of carbonyl (C=O) groups is 2. The molecule has 1 saturated heterocycles. The molecule has 0 radical (unpaired) electrons. The van der Waals surface area contributed by atoms with Gasteiger partial charge in [-0.05, 0) is 12.8 Å². The topological polar surface area (TPSA) is 93.2 Å². The molecule has 1 aliphatic rings. The Bertz CT molecular complexity index is 558. The van der Waals surface area contributed by atoms with E-state index in [0.717, 1.165) is 12.8 Å². The van der Waals surface area contributed by atoms with Gasteiger partial charge in [-0.25, -0.2) is 0 Å². The smallest absolute Gasteiger partial charge is 0.376 e. The van der Waals surface area contributed by atoms with Crippen LogP contribution in [0.4, 0.5) is 18.3 Å². The Balaban J connectivity index is 1.68. The van der Waals surface area contributed by atoms with Gasteiger partial charge in [-0.1, -0.05) is 11.3 Å². The van der Waals surface area contributed by atoms with Crippen LogP contribution in [-0.4, -0.2) is 41.3 Å². The van der Waals surface area contributed by atoms with Crippen LogP contribution in [-0.2, 0) is 20.5 Å². The molecule has 1 aliphatic heterocycles. The zero-order chi connectivity index (χ0) is 16.9. The summed E-state index contributed by atoms with van der Waals surface area (Å²) in [6, 6.07) is 0. The van der Waals surface area contributed by atoms with E-state index in [9.17, 15) is 22.8 Å². The highest BCUT2D eigenvalue weighted by Gasteiger charge is 2.35. The van der Waals surface area contributed by atoms with Gasteiger partial charge in [0.05, 0.1) is 6.10 Å². The number of alkyl halides is 3. The Morgan fingerprint density at radius 2 is 2.00 bits per heavy atom. The highest BCUT2D eigenvalue weighted by atomic mass is 32.1. The van der Waals surface area contributed by atoms with Crippen molar-refractivity contribution in [3.63, 3.8) is 0 Å². The van der Waals surface area contributed by atoms with E-state index in [1.54, 1.807) is 0 Å². The van der Waals surface area contributed by atoms with Crippen molar-refractivity contribution in [2.24, 2.45) is 0 Å². The predicted octanol–water partition coefficient (Wildman–Crippen LogP) is 1.57. The van der Waals surface area contributed by atoms with Crippen molar-refractivity contribution < 1.29 is 27.5 Å². The molecule has 0 aromatic carbocycles. The van der Waals surface area contributed by atoms with E-state index in [2.05, 4.69) is 20.8 Å². The van der Waals surface area contributed by atoms with Crippen molar-refractivity contribution in [3.05, 3.63) is 5.01 Å². The quantitative estimate of drug-likeness (QED) is 0.811. The van der Waals surface area contributed by atoms with Crippen molar-refractivity contribution in [2.45, 2.75) is 38.0 Å². The number of rotatable bonds is 6. The molecule has 0 aliphatic carbocycles. The summed E-state index contributed by atoms with van der Waals surface area (Å²) in [6.07, 6.45) is -2.95. The molecule has 2 N–H and O–H groups in total. The minimum Gasteiger partial charge on any atom is -0.376 e. The first kappa shape index (κ1) is 17.6. The number of hydrogen-bond acceptors (Lipinski definition) is 6. The number of nitrogens with one attached hydrogen (secondary N) is 2. The number of anilines is 1. The lowest BCUT2D eigenvalue weighted by atomic mass is 10.2. The van der Waals surface area contributed by atoms with Crippen molar-refractivity contribution >= 4 is 28.3 Å². The zero-order valence-electron chi connectivity index (χ0n) is 12.0. The Kier molecular flexibility index (Phi) is 5.88. The molecule has 0 bridgehead atoms. The fourth-order valence-electron chi connectivity index (χ4n) is 1.92. The van der Waals surface area contributed by atoms with Gasteiger partial charge in [0.2, 0.25) is 22.0 Å². The second-order valence-corrected chi connectivity index (χ2v) is 5.87. The Hall–Kier alpha value is -1.75. The van der Waals surface area contributed by atoms with Crippen molar-refractivity contribution in [3.8, 4) is 0 Å². The molecule has 11 heteroatoms. The van der Waals surface area contributed by atoms with E-state index in [4.69, 9.17) is 4.74 Å². The summed E-state index contributed by atoms with van der Waals surface area (Å²) in [6.45, 7) is 1.08. The number of carbonyl (C=O) groups excluding carboxylic acids is 2. The Labute approximate surface area is 133 Å². The molecule has 2 amide bonds. The van der Waals surface area contributed by atoms with Crippen LogP contribution in [0.15, 0.2) is 0 Å². The normalized spacial score (nSPS) is 18.0. The lowest BCUT2D eigenvalue weighted by molar-refractivity contribution is -0.138. The van der Waals surface area contributed by atoms with Crippen LogP contribution in [0.5, 0.6) is 0 Å². The molecule has 2 heterocycles. The number of halogens is 3. The fourth-order valence-corrected chi connectivity index (χ4v) is 2.55. The van der Waals surface area contributed by atoms with Crippen molar-refractivity contribution in [1.29, 1.82) is 0 Å². The first-order valence-electron chi connectivity index (χ1n) is 6.93. The second-order valence-electron chi connectivity index (χ2n) is 4.90. The third-order valence-electron chi connectivity index (χ3n) is 3.04. The Morgan fingerprint density at radius 3 is 2.61 bits per heavy atom. The minimum atomic E-state index is -4.59. The van der Waals surface area contributed by atoms with Gasteiger partial charge in [-0.3, -0.25) is 9.59 Å². The highest BCUT2D eigenvalue weighted by Crippen LogP contribution is 2.32. The SMILES string of the molecule is O=C(CCC(=O)Nc1nnc(C(F)(F)F)s1)NC[C@H]1CCCO1. The van der Waals surface area contributed by atoms with Crippen LogP contribution in [0.25, 0.3) is 0 Å². The molecular formula is C12H15F3N4O3S. The average molecular weight is 352 g/mol. The molecule has 128 valence electrons. The van der Waals surface area contributed by atoms with Crippen LogP contribution >= 0.6 is 11.3 Å². The summed E-state index contributed by atoms with van der Waals surface area (Å²) in [7, 11) is 0. The maximum absolute atomic E-state index is 12.3. The van der Waals surface area contributed by atoms with E-state index in [0.29, 0.717) is 13.2 Å². The fraction of sp³-hybridized carbons (Fsp3) is 0.667. The number of ether oxygens (including phenoxy) is 1. The molecule has 1 aromatic rings. The summed E-state index contributed by atoms with van der Waals surface area (Å²) >= 11 is 0.233. The van der Waals surface area contributed by atoms with Gasteiger partial charge in [-0.15, -0.1) is 10.2 Å². The van der Waals surface area contributed by atoms with Crippen LogP contribution in [0.3, 0.4) is 0 Å². The lowest BCUT2D eigenvalue weighted by Crippen LogP contribution is -2.32. The van der Waals surface area contributed by atoms with E-state index >= 15 is 0 Å². The summed E-state index contributed by atoms with van der Waals surface area (Å²) in [4.78, 5) is 23.1. The molecular weight excluding hydrogens is 337 g/mol. The van der Waals surface area contributed by atoms with Crippen molar-refractivity contribution in [2.75, 3.05) is 18.5 Å². The van der Waals surface area contributed by atoms with E-state index < -0.39 is 17.1 Å². The Morgan fingerprint density at radius 1 is 1.26 bits per heavy atom. The van der Waals surface area contributed by atoms with Crippen LogP contribution < -0.4 is 10.6 Å². The standard InChI is InChI=1S/C12H15F3N4O3S/c13-12(14,15)10-18-19-11(23-10)17-9(21)4-3-8(20)16-6-7-2-1-5-22-7/h7H,1-6H2,(H,16,20)(H,17,19,21)/t7-/m1/s1. The third-order valence-corrected chi connectivity index (χ3v) is 3.93. The van der Waals surface area contributed by atoms with Crippen molar-refractivity contribution in [1.82, 2.24) is 15.5 Å². The minimum absolute atomic E-state index is 0.00922. The van der Waals surface area contributed by atoms with Gasteiger partial charge < -0.3 is 15.4 Å². The lowest BCUT2D eigenvalue weighted by Gasteiger charge is -2.10. The maximum Gasteiger partial charge on any atom is 0.445 e. The molecule has 1 fully saturated rings. The first-order chi connectivity index (χ1) is 10.8. The predicted molar refractivity (Wildman–Crippen MR) is 74.8 cm³/mol. The molecule has 0 unspecified atom stereocenters. The van der Waals surface area contributed by atoms with Gasteiger partial charge in [0.25, 0.3) is 0 Å². The van der Waals surface area contributed by atoms with Gasteiger partial charge in [-0.2, -0.15) is 13.2 Å². The van der Waals surface area contributed by atoms with Crippen LogP contribution in [0, 0.1) is 0 Å². The molecule has 23 heavy (non-hydrogen) atoms. The number of hydrogen-bond donors (Lipinski definition) is 2. The molecule has 7 nitrogen and oxygen atoms in total. The average Bonchev–Trinajstić information content (AvgIpc) is 3.13. The second kappa shape index (κ2) is 7.68. The molecule has 2 rings (SSSR count). The molecule has 1 aromatic heterocycles. The number of amides is 2. The number of nitrogens with zero attached hydrogens (tertiary/aromatic N) is 2. The molecule has 1 atom stereocenters. The maximum atomic E-state index is 12.3. The first-order valence-corrected chi connectivity index (χ1v) is 7.75. The van der Waals surface area contributed by atoms with Gasteiger partial charge in [0.1, 0.15) is 0 Å². The van der Waals surface area contributed by atoms with Gasteiger partial charge in [0.15, 0.2) is 0 Å². The highest BCUT2D eigenvalue weighted by molar-refractivity contribution is 7.15. The monoisotopic (exact) mass is 352 g/mol. The summed E-state index contributed by atoms with van der Waals surface area (Å²) in [5.41, 5.74) is 0. The number of aromatic nitrogens is 2. The van der Waals surface area contributed by atoms with Crippen LogP contribution in [0.2, 0.25) is 0 Å². The van der Waals surface area contributed by atoms with Gasteiger partial charge >= 0.3 is 6.18 Å². The molecule has 0 saturated carbocycles. The summed E-state index contributed by atoms with van der Waals surface area (Å²) in [5.74, 6) is -0.911. The largest absolute Gasteiger partial charge is 0.445 e.